The lowest BCUT2D eigenvalue weighted by Gasteiger charge is -2.29. The highest BCUT2D eigenvalue weighted by atomic mass is 16.5. The summed E-state index contributed by atoms with van der Waals surface area (Å²) in [5.41, 5.74) is 14.0. The average Bonchev–Trinajstić information content (AvgIpc) is 2.80. The summed E-state index contributed by atoms with van der Waals surface area (Å²) in [5.74, 6) is 0.703. The normalized spacial score (nSPS) is 15.9. The lowest BCUT2D eigenvalue weighted by molar-refractivity contribution is 0.311. The van der Waals surface area contributed by atoms with Crippen molar-refractivity contribution < 1.29 is 4.74 Å². The van der Waals surface area contributed by atoms with Gasteiger partial charge in [0.05, 0.1) is 18.8 Å². The molecule has 2 aromatic heterocycles. The van der Waals surface area contributed by atoms with Crippen LogP contribution in [0.15, 0.2) is 6.20 Å². The molecule has 0 aliphatic carbocycles. The number of hydrogen-bond acceptors (Lipinski definition) is 8. The first-order valence-corrected chi connectivity index (χ1v) is 6.90. The van der Waals surface area contributed by atoms with E-state index >= 15 is 0 Å². The highest BCUT2D eigenvalue weighted by molar-refractivity contribution is 6.01. The van der Waals surface area contributed by atoms with E-state index in [0.29, 0.717) is 24.5 Å². The smallest absolute Gasteiger partial charge is 0.223 e. The monoisotopic (exact) mass is 302 g/mol. The van der Waals surface area contributed by atoms with Gasteiger partial charge in [-0.1, -0.05) is 0 Å². The van der Waals surface area contributed by atoms with Crippen molar-refractivity contribution in [2.75, 3.05) is 29.5 Å². The molecule has 0 radical (unpaired) electrons. The second-order valence-corrected chi connectivity index (χ2v) is 5.16. The molecule has 0 spiro atoms. The van der Waals surface area contributed by atoms with Crippen molar-refractivity contribution in [2.45, 2.75) is 19.9 Å². The van der Waals surface area contributed by atoms with Gasteiger partial charge in [-0.3, -0.25) is 10.5 Å². The Morgan fingerprint density at radius 2 is 2.18 bits per heavy atom. The van der Waals surface area contributed by atoms with Gasteiger partial charge in [0.1, 0.15) is 23.8 Å². The zero-order chi connectivity index (χ0) is 15.9. The molecule has 6 N–H and O–H groups in total. The summed E-state index contributed by atoms with van der Waals surface area (Å²) in [6.45, 7) is 4.90. The molecule has 1 atom stereocenters. The van der Waals surface area contributed by atoms with Crippen molar-refractivity contribution in [3.63, 3.8) is 0 Å². The molecule has 22 heavy (non-hydrogen) atoms. The minimum Gasteiger partial charge on any atom is -0.476 e. The molecule has 1 aliphatic rings. The largest absolute Gasteiger partial charge is 0.476 e. The first-order chi connectivity index (χ1) is 10.5. The Balaban J connectivity index is 2.12. The molecule has 3 rings (SSSR count). The Morgan fingerprint density at radius 3 is 2.86 bits per heavy atom. The van der Waals surface area contributed by atoms with Crippen LogP contribution in [0.3, 0.4) is 0 Å². The predicted molar refractivity (Wildman–Crippen MR) is 82.7 cm³/mol. The summed E-state index contributed by atoms with van der Waals surface area (Å²) in [7, 11) is 0. The van der Waals surface area contributed by atoms with E-state index < -0.39 is 0 Å². The second kappa shape index (κ2) is 5.17. The van der Waals surface area contributed by atoms with E-state index in [4.69, 9.17) is 21.6 Å². The molecular weight excluding hydrogens is 284 g/mol. The first-order valence-electron chi connectivity index (χ1n) is 6.90. The summed E-state index contributed by atoms with van der Waals surface area (Å²) < 4.78 is 5.40. The number of hydrogen-bond donors (Lipinski definition) is 4. The van der Waals surface area contributed by atoms with Gasteiger partial charge in [0.15, 0.2) is 0 Å². The lowest BCUT2D eigenvalue weighted by atomic mass is 10.1. The number of nitrogen functional groups attached to an aromatic ring is 2. The van der Waals surface area contributed by atoms with E-state index in [0.717, 1.165) is 11.3 Å². The molecule has 0 unspecified atom stereocenters. The molecule has 0 saturated heterocycles. The maximum Gasteiger partial charge on any atom is 0.223 e. The number of aryl methyl sites for hydroxylation is 1. The van der Waals surface area contributed by atoms with Gasteiger partial charge in [0, 0.05) is 11.3 Å². The number of ether oxygens (including phenoxy) is 1. The van der Waals surface area contributed by atoms with Gasteiger partial charge < -0.3 is 21.1 Å². The summed E-state index contributed by atoms with van der Waals surface area (Å²) in [6.07, 6.45) is 1.78. The molecule has 0 saturated carbocycles. The van der Waals surface area contributed by atoms with Gasteiger partial charge in [-0.05, 0) is 13.8 Å². The Labute approximate surface area is 127 Å². The highest BCUT2D eigenvalue weighted by Gasteiger charge is 2.29. The fourth-order valence-corrected chi connectivity index (χ4v) is 2.66. The van der Waals surface area contributed by atoms with Crippen LogP contribution in [-0.2, 0) is 4.74 Å². The Hall–Kier alpha value is -2.84. The number of aromatic amines is 1. The van der Waals surface area contributed by atoms with Crippen LogP contribution in [0.1, 0.15) is 29.8 Å². The SMILES string of the molecule is Cc1[nH]ncc1[C@@H](C)N1CCOC(=N)c2c(N)nc(N)nc21. The van der Waals surface area contributed by atoms with Gasteiger partial charge in [-0.2, -0.15) is 15.1 Å². The molecule has 1 aliphatic heterocycles. The third-order valence-electron chi connectivity index (χ3n) is 3.80. The molecular formula is C13H18N8O. The van der Waals surface area contributed by atoms with Crippen LogP contribution in [0.25, 0.3) is 0 Å². The third kappa shape index (κ3) is 2.20. The Morgan fingerprint density at radius 1 is 1.41 bits per heavy atom. The summed E-state index contributed by atoms with van der Waals surface area (Å²) in [5, 5.41) is 15.0. The van der Waals surface area contributed by atoms with Gasteiger partial charge in [0.25, 0.3) is 0 Å². The number of anilines is 3. The number of aromatic nitrogens is 4. The van der Waals surface area contributed by atoms with E-state index in [1.54, 1.807) is 6.20 Å². The standard InChI is InChI=1S/C13H18N8O/c1-6-8(5-17-20-6)7(2)21-3-4-22-11(15)9-10(14)18-13(16)19-12(9)21/h5,7,15H,3-4H2,1-2H3,(H,17,20)(H4,14,16,18,19)/t7-/m1/s1. The number of nitrogens with two attached hydrogens (primary N) is 2. The quantitative estimate of drug-likeness (QED) is 0.635. The number of nitrogens with one attached hydrogen (secondary N) is 2. The Bertz CT molecular complexity index is 725. The zero-order valence-corrected chi connectivity index (χ0v) is 12.4. The van der Waals surface area contributed by atoms with Crippen LogP contribution >= 0.6 is 0 Å². The van der Waals surface area contributed by atoms with Gasteiger partial charge in [-0.15, -0.1) is 0 Å². The zero-order valence-electron chi connectivity index (χ0n) is 12.4. The number of rotatable bonds is 2. The van der Waals surface area contributed by atoms with E-state index in [1.807, 2.05) is 18.7 Å². The molecule has 3 heterocycles. The van der Waals surface area contributed by atoms with Crippen LogP contribution in [0, 0.1) is 12.3 Å². The lowest BCUT2D eigenvalue weighted by Crippen LogP contribution is -2.31. The molecule has 0 aromatic carbocycles. The molecule has 9 heteroatoms. The molecule has 116 valence electrons. The van der Waals surface area contributed by atoms with Gasteiger partial charge in [-0.25, -0.2) is 0 Å². The van der Waals surface area contributed by atoms with Crippen molar-refractivity contribution >= 4 is 23.5 Å². The van der Waals surface area contributed by atoms with E-state index in [1.165, 1.54) is 0 Å². The van der Waals surface area contributed by atoms with Crippen molar-refractivity contribution in [1.82, 2.24) is 20.2 Å². The second-order valence-electron chi connectivity index (χ2n) is 5.16. The van der Waals surface area contributed by atoms with E-state index in [2.05, 4.69) is 20.2 Å². The van der Waals surface area contributed by atoms with Gasteiger partial charge in [0.2, 0.25) is 11.8 Å². The number of nitrogens with zero attached hydrogens (tertiary/aromatic N) is 4. The van der Waals surface area contributed by atoms with Crippen molar-refractivity contribution in [1.29, 1.82) is 5.41 Å². The minimum atomic E-state index is -0.0360. The van der Waals surface area contributed by atoms with Crippen LogP contribution in [0.4, 0.5) is 17.6 Å². The third-order valence-corrected chi connectivity index (χ3v) is 3.80. The summed E-state index contributed by atoms with van der Waals surface area (Å²) >= 11 is 0. The van der Waals surface area contributed by atoms with Crippen molar-refractivity contribution in [3.05, 3.63) is 23.0 Å². The topological polar surface area (TPSA) is 143 Å². The maximum absolute atomic E-state index is 8.00. The maximum atomic E-state index is 8.00. The van der Waals surface area contributed by atoms with Gasteiger partial charge >= 0.3 is 0 Å². The fourth-order valence-electron chi connectivity index (χ4n) is 2.66. The molecule has 2 aromatic rings. The van der Waals surface area contributed by atoms with Crippen molar-refractivity contribution in [2.24, 2.45) is 0 Å². The summed E-state index contributed by atoms with van der Waals surface area (Å²) in [4.78, 5) is 10.2. The number of H-pyrrole nitrogens is 1. The predicted octanol–water partition coefficient (Wildman–Crippen LogP) is 0.596. The average molecular weight is 302 g/mol. The van der Waals surface area contributed by atoms with Crippen LogP contribution < -0.4 is 16.4 Å². The molecule has 0 bridgehead atoms. The highest BCUT2D eigenvalue weighted by Crippen LogP contribution is 2.33. The fraction of sp³-hybridized carbons (Fsp3) is 0.385. The number of fused-ring (bicyclic) bond motifs is 1. The summed E-state index contributed by atoms with van der Waals surface area (Å²) in [6, 6.07) is -0.0271. The first kappa shape index (κ1) is 14.1. The van der Waals surface area contributed by atoms with E-state index in [9.17, 15) is 0 Å². The van der Waals surface area contributed by atoms with Crippen LogP contribution in [-0.4, -0.2) is 39.2 Å². The van der Waals surface area contributed by atoms with Crippen LogP contribution in [0.5, 0.6) is 0 Å². The molecule has 0 amide bonds. The van der Waals surface area contributed by atoms with Crippen molar-refractivity contribution in [3.8, 4) is 0 Å². The molecule has 0 fully saturated rings. The van der Waals surface area contributed by atoms with E-state index in [-0.39, 0.29) is 23.7 Å². The molecule has 9 nitrogen and oxygen atoms in total. The Kier molecular flexibility index (Phi) is 3.32. The van der Waals surface area contributed by atoms with Crippen LogP contribution in [0.2, 0.25) is 0 Å². The minimum absolute atomic E-state index is 0.0271.